The molecule has 0 saturated carbocycles. The number of halogens is 2. The third kappa shape index (κ3) is 4.51. The van der Waals surface area contributed by atoms with Crippen molar-refractivity contribution < 1.29 is 27.8 Å². The molecule has 1 amide bonds. The lowest BCUT2D eigenvalue weighted by Crippen LogP contribution is -2.49. The van der Waals surface area contributed by atoms with Crippen molar-refractivity contribution in [1.82, 2.24) is 4.90 Å². The summed E-state index contributed by atoms with van der Waals surface area (Å²) in [5, 5.41) is 0. The fraction of sp³-hybridized carbons (Fsp3) is 0.579. The number of esters is 1. The molecule has 0 aromatic heterocycles. The summed E-state index contributed by atoms with van der Waals surface area (Å²) < 4.78 is 39.1. The van der Waals surface area contributed by atoms with Crippen LogP contribution >= 0.6 is 0 Å². The third-order valence-corrected chi connectivity index (χ3v) is 4.35. The molecule has 1 aromatic carbocycles. The molecule has 0 bridgehead atoms. The van der Waals surface area contributed by atoms with Crippen molar-refractivity contribution in [2.24, 2.45) is 0 Å². The predicted octanol–water partition coefficient (Wildman–Crippen LogP) is 4.14. The summed E-state index contributed by atoms with van der Waals surface area (Å²) in [5.41, 5.74) is 0.585. The van der Waals surface area contributed by atoms with Crippen LogP contribution < -0.4 is 0 Å². The Morgan fingerprint density at radius 3 is 2.46 bits per heavy atom. The number of hydrogen-bond donors (Lipinski definition) is 0. The second-order valence-corrected chi connectivity index (χ2v) is 7.55. The molecular formula is C19H25F2NO4. The summed E-state index contributed by atoms with van der Waals surface area (Å²) >= 11 is 0. The Morgan fingerprint density at radius 1 is 1.27 bits per heavy atom. The number of likely N-dealkylation sites (tertiary alicyclic amines) is 1. The van der Waals surface area contributed by atoms with Gasteiger partial charge in [0.15, 0.2) is 0 Å². The Hall–Kier alpha value is -2.18. The molecule has 26 heavy (non-hydrogen) atoms. The molecule has 1 saturated heterocycles. The number of ether oxygens (including phenoxy) is 2. The zero-order valence-electron chi connectivity index (χ0n) is 15.8. The maximum Gasteiger partial charge on any atom is 0.410 e. The molecule has 1 fully saturated rings. The molecule has 0 unspecified atom stereocenters. The van der Waals surface area contributed by atoms with Crippen LogP contribution in [0.1, 0.15) is 54.6 Å². The van der Waals surface area contributed by atoms with Crippen molar-refractivity contribution >= 4 is 12.1 Å². The monoisotopic (exact) mass is 369 g/mol. The van der Waals surface area contributed by atoms with Crippen molar-refractivity contribution in [2.75, 3.05) is 20.2 Å². The van der Waals surface area contributed by atoms with Gasteiger partial charge in [0.2, 0.25) is 0 Å². The van der Waals surface area contributed by atoms with E-state index < -0.39 is 35.9 Å². The number of rotatable bonds is 2. The highest BCUT2D eigenvalue weighted by atomic mass is 19.3. The molecule has 1 aliphatic rings. The standard InChI is InChI=1S/C19H25F2NO4/c1-12-10-13(16(23)25-5)6-7-14(12)15-11-22(9-8-19(15,20)21)17(24)26-18(2,3)4/h6-7,10,15H,8-9,11H2,1-5H3/t15-/m0/s1. The van der Waals surface area contributed by atoms with Gasteiger partial charge in [0.1, 0.15) is 5.60 Å². The summed E-state index contributed by atoms with van der Waals surface area (Å²) in [4.78, 5) is 25.2. The van der Waals surface area contributed by atoms with Crippen LogP contribution in [0.15, 0.2) is 18.2 Å². The molecule has 0 N–H and O–H groups in total. The van der Waals surface area contributed by atoms with E-state index in [0.29, 0.717) is 16.7 Å². The highest BCUT2D eigenvalue weighted by Crippen LogP contribution is 2.41. The van der Waals surface area contributed by atoms with Gasteiger partial charge in [-0.2, -0.15) is 0 Å². The van der Waals surface area contributed by atoms with Gasteiger partial charge in [-0.05, 0) is 51.0 Å². The zero-order valence-corrected chi connectivity index (χ0v) is 15.8. The molecule has 1 aromatic rings. The Balaban J connectivity index is 2.28. The van der Waals surface area contributed by atoms with Crippen LogP contribution in [-0.2, 0) is 9.47 Å². The number of methoxy groups -OCH3 is 1. The minimum atomic E-state index is -2.95. The highest BCUT2D eigenvalue weighted by Gasteiger charge is 2.47. The molecule has 0 radical (unpaired) electrons. The number of benzene rings is 1. The van der Waals surface area contributed by atoms with Crippen LogP contribution in [0.3, 0.4) is 0 Å². The second-order valence-electron chi connectivity index (χ2n) is 7.55. The van der Waals surface area contributed by atoms with Gasteiger partial charge in [0.25, 0.3) is 5.92 Å². The SMILES string of the molecule is COC(=O)c1ccc([C@@H]2CN(C(=O)OC(C)(C)C)CCC2(F)F)c(C)c1. The lowest BCUT2D eigenvalue weighted by Gasteiger charge is -2.39. The predicted molar refractivity (Wildman–Crippen MR) is 92.6 cm³/mol. The first kappa shape index (κ1) is 20.1. The van der Waals surface area contributed by atoms with Crippen molar-refractivity contribution in [2.45, 2.75) is 51.6 Å². The van der Waals surface area contributed by atoms with Crippen LogP contribution in [0, 0.1) is 6.92 Å². The number of amides is 1. The van der Waals surface area contributed by atoms with Gasteiger partial charge < -0.3 is 14.4 Å². The van der Waals surface area contributed by atoms with Gasteiger partial charge in [0.05, 0.1) is 18.6 Å². The van der Waals surface area contributed by atoms with Gasteiger partial charge in [-0.25, -0.2) is 18.4 Å². The summed E-state index contributed by atoms with van der Waals surface area (Å²) in [7, 11) is 1.26. The minimum Gasteiger partial charge on any atom is -0.465 e. The van der Waals surface area contributed by atoms with Crippen molar-refractivity contribution in [3.8, 4) is 0 Å². The fourth-order valence-corrected chi connectivity index (χ4v) is 3.03. The first-order valence-electron chi connectivity index (χ1n) is 8.49. The van der Waals surface area contributed by atoms with Gasteiger partial charge in [-0.1, -0.05) is 6.07 Å². The number of piperidine rings is 1. The fourth-order valence-electron chi connectivity index (χ4n) is 3.03. The molecule has 144 valence electrons. The van der Waals surface area contributed by atoms with Crippen LogP contribution in [0.25, 0.3) is 0 Å². The maximum atomic E-state index is 14.6. The Kier molecular flexibility index (Phi) is 5.58. The Labute approximate surface area is 152 Å². The lowest BCUT2D eigenvalue weighted by molar-refractivity contribution is -0.0772. The molecule has 5 nitrogen and oxygen atoms in total. The number of alkyl halides is 2. The van der Waals surface area contributed by atoms with Crippen molar-refractivity contribution in [3.05, 3.63) is 34.9 Å². The molecule has 7 heteroatoms. The smallest absolute Gasteiger partial charge is 0.410 e. The average Bonchev–Trinajstić information content (AvgIpc) is 2.52. The third-order valence-electron chi connectivity index (χ3n) is 4.35. The van der Waals surface area contributed by atoms with E-state index in [2.05, 4.69) is 4.74 Å². The normalized spacial score (nSPS) is 19.8. The van der Waals surface area contributed by atoms with Crippen molar-refractivity contribution in [1.29, 1.82) is 0 Å². The van der Waals surface area contributed by atoms with E-state index >= 15 is 0 Å². The van der Waals surface area contributed by atoms with E-state index in [0.717, 1.165) is 0 Å². The van der Waals surface area contributed by atoms with Crippen LogP contribution in [0.5, 0.6) is 0 Å². The van der Waals surface area contributed by atoms with Crippen molar-refractivity contribution in [3.63, 3.8) is 0 Å². The van der Waals surface area contributed by atoms with Crippen LogP contribution in [-0.4, -0.2) is 48.7 Å². The first-order valence-corrected chi connectivity index (χ1v) is 8.49. The van der Waals surface area contributed by atoms with Gasteiger partial charge in [-0.3, -0.25) is 0 Å². The van der Waals surface area contributed by atoms with Gasteiger partial charge in [-0.15, -0.1) is 0 Å². The zero-order chi connectivity index (χ0) is 19.7. The quantitative estimate of drug-likeness (QED) is 0.735. The molecule has 0 spiro atoms. The first-order chi connectivity index (χ1) is 11.9. The van der Waals surface area contributed by atoms with E-state index in [4.69, 9.17) is 4.74 Å². The molecular weight excluding hydrogens is 344 g/mol. The second kappa shape index (κ2) is 7.21. The molecule has 1 atom stereocenters. The number of carbonyl (C=O) groups excluding carboxylic acids is 2. The van der Waals surface area contributed by atoms with E-state index in [1.165, 1.54) is 30.2 Å². The Morgan fingerprint density at radius 2 is 1.92 bits per heavy atom. The molecule has 1 aliphatic heterocycles. The lowest BCUT2D eigenvalue weighted by atomic mass is 9.84. The largest absolute Gasteiger partial charge is 0.465 e. The van der Waals surface area contributed by atoms with Gasteiger partial charge in [0, 0.05) is 19.5 Å². The highest BCUT2D eigenvalue weighted by molar-refractivity contribution is 5.89. The number of carbonyl (C=O) groups is 2. The van der Waals surface area contributed by atoms with E-state index in [-0.39, 0.29) is 13.1 Å². The molecule has 0 aliphatic carbocycles. The van der Waals surface area contributed by atoms with Crippen LogP contribution in [0.4, 0.5) is 13.6 Å². The number of aryl methyl sites for hydroxylation is 1. The van der Waals surface area contributed by atoms with Gasteiger partial charge >= 0.3 is 12.1 Å². The van der Waals surface area contributed by atoms with E-state index in [1.807, 2.05) is 0 Å². The summed E-state index contributed by atoms with van der Waals surface area (Å²) in [6, 6.07) is 4.51. The number of hydrogen-bond acceptors (Lipinski definition) is 4. The summed E-state index contributed by atoms with van der Waals surface area (Å²) in [6.45, 7) is 6.67. The topological polar surface area (TPSA) is 55.8 Å². The summed E-state index contributed by atoms with van der Waals surface area (Å²) in [5.74, 6) is -4.63. The van der Waals surface area contributed by atoms with E-state index in [1.54, 1.807) is 27.7 Å². The minimum absolute atomic E-state index is 0.0578. The maximum absolute atomic E-state index is 14.6. The molecule has 2 rings (SSSR count). The summed E-state index contributed by atoms with van der Waals surface area (Å²) in [6.07, 6.45) is -1.03. The van der Waals surface area contributed by atoms with E-state index in [9.17, 15) is 18.4 Å². The molecule has 1 heterocycles. The number of nitrogens with zero attached hydrogens (tertiary/aromatic N) is 1. The van der Waals surface area contributed by atoms with Crippen LogP contribution in [0.2, 0.25) is 0 Å². The average molecular weight is 369 g/mol. The Bertz CT molecular complexity index is 697.